The van der Waals surface area contributed by atoms with E-state index in [2.05, 4.69) is 0 Å². The molecule has 0 amide bonds. The van der Waals surface area contributed by atoms with Gasteiger partial charge in [0.05, 0.1) is 13.2 Å². The van der Waals surface area contributed by atoms with Gasteiger partial charge in [-0.15, -0.1) is 0 Å². The highest BCUT2D eigenvalue weighted by atomic mass is 28.4. The van der Waals surface area contributed by atoms with Crippen LogP contribution in [0.1, 0.15) is 25.0 Å². The monoisotopic (exact) mass is 586 g/mol. The molecule has 0 spiro atoms. The van der Waals surface area contributed by atoms with Crippen molar-refractivity contribution in [1.82, 2.24) is 0 Å². The number of hydrogen-bond acceptors (Lipinski definition) is 5. The topological polar surface area (TPSA) is 46.2 Å². The van der Waals surface area contributed by atoms with E-state index in [0.29, 0.717) is 0 Å². The van der Waals surface area contributed by atoms with Gasteiger partial charge in [0.15, 0.2) is 23.3 Å². The normalized spacial score (nSPS) is 12.3. The fourth-order valence-corrected chi connectivity index (χ4v) is 9.52. The Bertz CT molecular complexity index is 1180. The van der Waals surface area contributed by atoms with Gasteiger partial charge < -0.3 is 22.1 Å². The molecule has 0 atom stereocenters. The number of rotatable bonds is 13. The van der Waals surface area contributed by atoms with E-state index >= 15 is 0 Å². The molecule has 0 saturated heterocycles. The Hall–Kier alpha value is -2.46. The van der Waals surface area contributed by atoms with Crippen LogP contribution in [0.5, 0.6) is 0 Å². The maximum Gasteiger partial charge on any atom is 0.543 e. The van der Waals surface area contributed by atoms with Crippen molar-refractivity contribution in [1.29, 1.82) is 0 Å². The van der Waals surface area contributed by atoms with Crippen molar-refractivity contribution in [3.8, 4) is 0 Å². The lowest BCUT2D eigenvalue weighted by molar-refractivity contribution is 0.0633. The molecule has 3 aromatic rings. The van der Waals surface area contributed by atoms with Crippen LogP contribution in [-0.4, -0.2) is 50.9 Å². The van der Waals surface area contributed by atoms with Gasteiger partial charge in [-0.25, -0.2) is 22.0 Å². The van der Waals surface area contributed by atoms with Crippen LogP contribution in [0.4, 0.5) is 22.0 Å². The number of benzene rings is 3. The molecule has 3 aromatic carbocycles. The number of halogens is 5. The van der Waals surface area contributed by atoms with Crippen LogP contribution in [0.25, 0.3) is 0 Å². The van der Waals surface area contributed by atoms with Gasteiger partial charge >= 0.3 is 17.4 Å². The fourth-order valence-electron chi connectivity index (χ4n) is 4.13. The largest absolute Gasteiger partial charge is 0.543 e. The van der Waals surface area contributed by atoms with Crippen molar-refractivity contribution >= 4 is 32.9 Å². The molecule has 3 rings (SSSR count). The van der Waals surface area contributed by atoms with Crippen LogP contribution < -0.4 is 15.6 Å². The van der Waals surface area contributed by atoms with Gasteiger partial charge in [0.1, 0.15) is 5.19 Å². The molecule has 0 fully saturated rings. The molecule has 0 bridgehead atoms. The van der Waals surface area contributed by atoms with Gasteiger partial charge in [-0.05, 0) is 38.1 Å². The molecule has 0 radical (unpaired) electrons. The SMILES string of the molecule is CCO[Si](OCC)(OCCO[Si](OC)(c1ccc(C)cc1)c1ccc(C)cc1)c1c(F)c(F)c(F)c(F)c1F. The first-order valence-corrected chi connectivity index (χ1v) is 15.9. The summed E-state index contributed by atoms with van der Waals surface area (Å²) in [5.74, 6) is -10.6. The minimum absolute atomic E-state index is 0.161. The average Bonchev–Trinajstić information content (AvgIpc) is 2.93. The van der Waals surface area contributed by atoms with E-state index < -0.39 is 51.6 Å². The van der Waals surface area contributed by atoms with E-state index in [1.807, 2.05) is 62.4 Å². The molecule has 0 aliphatic carbocycles. The maximum absolute atomic E-state index is 14.8. The first-order chi connectivity index (χ1) is 18.6. The Morgan fingerprint density at radius 3 is 1.33 bits per heavy atom. The Balaban J connectivity index is 1.97. The molecule has 0 N–H and O–H groups in total. The van der Waals surface area contributed by atoms with Crippen LogP contribution in [0.2, 0.25) is 0 Å². The highest BCUT2D eigenvalue weighted by molar-refractivity contribution is 6.92. The molecule has 0 heterocycles. The molecule has 5 nitrogen and oxygen atoms in total. The van der Waals surface area contributed by atoms with E-state index in [0.717, 1.165) is 21.5 Å². The van der Waals surface area contributed by atoms with Gasteiger partial charge in [-0.2, -0.15) is 0 Å². The minimum Gasteiger partial charge on any atom is -0.391 e. The van der Waals surface area contributed by atoms with Gasteiger partial charge in [0, 0.05) is 20.3 Å². The van der Waals surface area contributed by atoms with E-state index in [1.54, 1.807) is 0 Å². The summed E-state index contributed by atoms with van der Waals surface area (Å²) < 4.78 is 101. The van der Waals surface area contributed by atoms with E-state index in [9.17, 15) is 22.0 Å². The zero-order chi connectivity index (χ0) is 28.8. The van der Waals surface area contributed by atoms with Gasteiger partial charge in [-0.1, -0.05) is 59.7 Å². The van der Waals surface area contributed by atoms with Crippen LogP contribution in [0.3, 0.4) is 0 Å². The van der Waals surface area contributed by atoms with Crippen molar-refractivity contribution in [3.05, 3.63) is 88.7 Å². The van der Waals surface area contributed by atoms with Gasteiger partial charge in [0.2, 0.25) is 5.82 Å². The Morgan fingerprint density at radius 1 is 0.564 bits per heavy atom. The summed E-state index contributed by atoms with van der Waals surface area (Å²) in [5, 5.41) is 0.365. The summed E-state index contributed by atoms with van der Waals surface area (Å²) in [4.78, 5) is 0. The molecule has 39 heavy (non-hydrogen) atoms. The van der Waals surface area contributed by atoms with E-state index in [4.69, 9.17) is 22.1 Å². The average molecular weight is 587 g/mol. The summed E-state index contributed by atoms with van der Waals surface area (Å²) in [7, 11) is -6.39. The second kappa shape index (κ2) is 13.3. The molecule has 212 valence electrons. The van der Waals surface area contributed by atoms with E-state index in [1.165, 1.54) is 21.0 Å². The lowest BCUT2D eigenvalue weighted by atomic mass is 10.2. The Kier molecular flexibility index (Phi) is 10.6. The first-order valence-electron chi connectivity index (χ1n) is 12.3. The zero-order valence-corrected chi connectivity index (χ0v) is 24.4. The van der Waals surface area contributed by atoms with Gasteiger partial charge in [-0.3, -0.25) is 0 Å². The predicted octanol–water partition coefficient (Wildman–Crippen LogP) is 4.15. The molecule has 0 unspecified atom stereocenters. The van der Waals surface area contributed by atoms with Crippen molar-refractivity contribution < 1.29 is 44.1 Å². The van der Waals surface area contributed by atoms with E-state index in [-0.39, 0.29) is 26.4 Å². The molecule has 0 aromatic heterocycles. The third-order valence-electron chi connectivity index (χ3n) is 6.02. The van der Waals surface area contributed by atoms with Crippen molar-refractivity contribution in [2.75, 3.05) is 33.5 Å². The van der Waals surface area contributed by atoms with Crippen molar-refractivity contribution in [3.63, 3.8) is 0 Å². The summed E-state index contributed by atoms with van der Waals surface area (Å²) in [6.45, 7) is 6.03. The fraction of sp³-hybridized carbons (Fsp3) is 0.333. The summed E-state index contributed by atoms with van der Waals surface area (Å²) in [6, 6.07) is 15.3. The second-order valence-electron chi connectivity index (χ2n) is 8.62. The molecule has 0 aliphatic rings. The molecule has 12 heteroatoms. The highest BCUT2D eigenvalue weighted by Gasteiger charge is 2.51. The lowest BCUT2D eigenvalue weighted by Crippen LogP contribution is -2.64. The number of hydrogen-bond donors (Lipinski definition) is 0. The summed E-state index contributed by atoms with van der Waals surface area (Å²) in [6.07, 6.45) is 0. The third-order valence-corrected chi connectivity index (χ3v) is 12.4. The Labute approximate surface area is 227 Å². The minimum atomic E-state index is -4.63. The maximum atomic E-state index is 14.8. The predicted molar refractivity (Wildman–Crippen MR) is 141 cm³/mol. The van der Waals surface area contributed by atoms with Gasteiger partial charge in [0.25, 0.3) is 0 Å². The molecular formula is C27H31F5O5Si2. The van der Waals surface area contributed by atoms with Crippen LogP contribution in [0.15, 0.2) is 48.5 Å². The molecular weight excluding hydrogens is 555 g/mol. The zero-order valence-electron chi connectivity index (χ0n) is 22.4. The van der Waals surface area contributed by atoms with Crippen LogP contribution >= 0.6 is 0 Å². The second-order valence-corrected chi connectivity index (χ2v) is 14.2. The Morgan fingerprint density at radius 2 is 0.949 bits per heavy atom. The summed E-state index contributed by atoms with van der Waals surface area (Å²) >= 11 is 0. The van der Waals surface area contributed by atoms with Crippen molar-refractivity contribution in [2.24, 2.45) is 0 Å². The molecule has 0 saturated carbocycles. The van der Waals surface area contributed by atoms with Crippen LogP contribution in [-0.2, 0) is 22.1 Å². The molecule has 0 aliphatic heterocycles. The quantitative estimate of drug-likeness (QED) is 0.0991. The standard InChI is InChI=1S/C27H31F5O5Si2/c1-6-34-39(35-7-2,27-25(31)23(29)22(28)24(30)26(27)32)37-17-16-36-38(33-5,20-12-8-18(3)9-13-20)21-14-10-19(4)11-15-21/h8-15H,6-7,16-17H2,1-5H3. The lowest BCUT2D eigenvalue weighted by Gasteiger charge is -2.32. The highest BCUT2D eigenvalue weighted by Crippen LogP contribution is 2.22. The third kappa shape index (κ3) is 6.32. The first kappa shape index (κ1) is 31.1. The summed E-state index contributed by atoms with van der Waals surface area (Å²) in [5.41, 5.74) is 2.08. The smallest absolute Gasteiger partial charge is 0.391 e. The van der Waals surface area contributed by atoms with Crippen molar-refractivity contribution in [2.45, 2.75) is 27.7 Å². The number of aryl methyl sites for hydroxylation is 2. The van der Waals surface area contributed by atoms with Crippen LogP contribution in [0, 0.1) is 42.9 Å².